The Labute approximate surface area is 237 Å². The van der Waals surface area contributed by atoms with Gasteiger partial charge in [-0.05, 0) is 57.9 Å². The number of nitrogens with zero attached hydrogens (tertiary/aromatic N) is 5. The van der Waals surface area contributed by atoms with Gasteiger partial charge in [0, 0.05) is 61.2 Å². The first-order valence-corrected chi connectivity index (χ1v) is 15.8. The van der Waals surface area contributed by atoms with Crippen LogP contribution in [0.15, 0.2) is 45.4 Å². The minimum absolute atomic E-state index is 0.0532. The van der Waals surface area contributed by atoms with Crippen LogP contribution in [0.2, 0.25) is 0 Å². The van der Waals surface area contributed by atoms with Crippen LogP contribution in [0.3, 0.4) is 0 Å². The molecule has 4 heterocycles. The predicted molar refractivity (Wildman–Crippen MR) is 154 cm³/mol. The monoisotopic (exact) mass is 580 g/mol. The number of fused-ring (bicyclic) bond motifs is 1. The molecule has 1 saturated heterocycles. The Morgan fingerprint density at radius 1 is 1.12 bits per heavy atom. The summed E-state index contributed by atoms with van der Waals surface area (Å²) < 4.78 is 34.0. The van der Waals surface area contributed by atoms with Gasteiger partial charge in [0.1, 0.15) is 16.4 Å². The van der Waals surface area contributed by atoms with Gasteiger partial charge >= 0.3 is 0 Å². The molecule has 2 fully saturated rings. The number of ketones is 1. The fourth-order valence-electron chi connectivity index (χ4n) is 5.14. The third-order valence-electron chi connectivity index (χ3n) is 7.68. The number of piperazine rings is 1. The van der Waals surface area contributed by atoms with E-state index in [4.69, 9.17) is 4.52 Å². The van der Waals surface area contributed by atoms with Crippen LogP contribution in [0.5, 0.6) is 0 Å². The SMILES string of the molecule is Cc1noc(-c2ccc(S(=O)(=O)N3CCN(C[C@H](C)Nc4ncnc5c(C(=O)C6CC6)cccc45)CC3)s2)c1C. The van der Waals surface area contributed by atoms with E-state index in [9.17, 15) is 13.2 Å². The van der Waals surface area contributed by atoms with E-state index in [2.05, 4.69) is 32.3 Å². The lowest BCUT2D eigenvalue weighted by molar-refractivity contribution is 0.0969. The van der Waals surface area contributed by atoms with Crippen LogP contribution in [0.4, 0.5) is 5.82 Å². The van der Waals surface area contributed by atoms with Gasteiger partial charge in [-0.1, -0.05) is 11.2 Å². The second-order valence-corrected chi connectivity index (χ2v) is 13.9. The van der Waals surface area contributed by atoms with Gasteiger partial charge in [0.05, 0.1) is 16.1 Å². The number of anilines is 1. The maximum absolute atomic E-state index is 13.4. The molecule has 0 bridgehead atoms. The van der Waals surface area contributed by atoms with Crippen molar-refractivity contribution in [1.29, 1.82) is 0 Å². The average molecular weight is 581 g/mol. The minimum Gasteiger partial charge on any atom is -0.366 e. The molecule has 40 heavy (non-hydrogen) atoms. The van der Waals surface area contributed by atoms with Crippen LogP contribution in [0, 0.1) is 19.8 Å². The molecule has 210 valence electrons. The Morgan fingerprint density at radius 2 is 1.90 bits per heavy atom. The topological polar surface area (TPSA) is 122 Å². The summed E-state index contributed by atoms with van der Waals surface area (Å²) >= 11 is 1.22. The number of nitrogens with one attached hydrogen (secondary N) is 1. The number of hydrogen-bond acceptors (Lipinski definition) is 10. The normalized spacial score (nSPS) is 17.8. The Kier molecular flexibility index (Phi) is 7.19. The third-order valence-corrected chi connectivity index (χ3v) is 11.1. The molecule has 0 unspecified atom stereocenters. The number of carbonyl (C=O) groups excluding carboxylic acids is 1. The van der Waals surface area contributed by atoms with Gasteiger partial charge < -0.3 is 9.84 Å². The summed E-state index contributed by atoms with van der Waals surface area (Å²) in [5.41, 5.74) is 3.07. The molecule has 0 radical (unpaired) electrons. The van der Waals surface area contributed by atoms with Gasteiger partial charge in [-0.3, -0.25) is 9.69 Å². The smallest absolute Gasteiger partial charge is 0.252 e. The molecule has 1 aromatic carbocycles. The lowest BCUT2D eigenvalue weighted by Crippen LogP contribution is -2.50. The van der Waals surface area contributed by atoms with Crippen molar-refractivity contribution in [2.45, 2.75) is 43.9 Å². The first-order chi connectivity index (χ1) is 19.2. The van der Waals surface area contributed by atoms with E-state index in [1.807, 2.05) is 32.0 Å². The largest absolute Gasteiger partial charge is 0.366 e. The molecule has 1 aliphatic heterocycles. The number of aromatic nitrogens is 3. The lowest BCUT2D eigenvalue weighted by atomic mass is 10.0. The minimum atomic E-state index is -3.59. The van der Waals surface area contributed by atoms with E-state index < -0.39 is 10.0 Å². The second-order valence-electron chi connectivity index (χ2n) is 10.7. The van der Waals surface area contributed by atoms with Crippen molar-refractivity contribution < 1.29 is 17.7 Å². The number of carbonyl (C=O) groups is 1. The maximum atomic E-state index is 13.4. The number of hydrogen-bond donors (Lipinski definition) is 1. The molecular weight excluding hydrogens is 548 g/mol. The molecule has 3 aromatic heterocycles. The van der Waals surface area contributed by atoms with Crippen molar-refractivity contribution in [2.24, 2.45) is 5.92 Å². The van der Waals surface area contributed by atoms with Gasteiger partial charge in [-0.15, -0.1) is 11.3 Å². The quantitative estimate of drug-likeness (QED) is 0.288. The van der Waals surface area contributed by atoms with Crippen LogP contribution in [0.1, 0.15) is 41.4 Å². The standard InChI is InChI=1S/C28H32N6O4S2/c1-17(31-28-22-6-4-5-21(25(22)29-16-30-28)26(35)20-7-8-20)15-33-11-13-34(14-12-33)40(36,37)24-10-9-23(39-24)27-18(2)19(3)32-38-27/h4-6,9-10,16-17,20H,7-8,11-15H2,1-3H3,(H,29,30,31)/t17-/m0/s1. The molecule has 1 aliphatic carbocycles. The number of Topliss-reactive ketones (excluding diaryl/α,β-unsaturated/α-hetero) is 1. The van der Waals surface area contributed by atoms with Gasteiger partial charge in [-0.25, -0.2) is 18.4 Å². The van der Waals surface area contributed by atoms with Crippen LogP contribution in [-0.4, -0.2) is 77.3 Å². The highest BCUT2D eigenvalue weighted by atomic mass is 32.2. The summed E-state index contributed by atoms with van der Waals surface area (Å²) in [7, 11) is -3.59. The molecule has 1 atom stereocenters. The van der Waals surface area contributed by atoms with E-state index in [1.165, 1.54) is 17.7 Å². The molecule has 6 rings (SSSR count). The number of sulfonamides is 1. The van der Waals surface area contributed by atoms with Crippen molar-refractivity contribution in [1.82, 2.24) is 24.3 Å². The highest BCUT2D eigenvalue weighted by Gasteiger charge is 2.32. The molecule has 0 amide bonds. The molecule has 0 spiro atoms. The average Bonchev–Trinajstić information content (AvgIpc) is 3.59. The first-order valence-electron chi connectivity index (χ1n) is 13.5. The summed E-state index contributed by atoms with van der Waals surface area (Å²) in [4.78, 5) is 24.6. The van der Waals surface area contributed by atoms with Gasteiger partial charge in [0.2, 0.25) is 0 Å². The molecule has 1 saturated carbocycles. The summed E-state index contributed by atoms with van der Waals surface area (Å²) in [6.07, 6.45) is 3.41. The van der Waals surface area contributed by atoms with Crippen LogP contribution < -0.4 is 5.32 Å². The second kappa shape index (κ2) is 10.7. The summed E-state index contributed by atoms with van der Waals surface area (Å²) in [6.45, 7) is 8.71. The van der Waals surface area contributed by atoms with E-state index in [0.717, 1.165) is 40.9 Å². The number of aryl methyl sites for hydroxylation is 1. The maximum Gasteiger partial charge on any atom is 0.252 e. The van der Waals surface area contributed by atoms with Crippen LogP contribution in [0.25, 0.3) is 21.5 Å². The van der Waals surface area contributed by atoms with Gasteiger partial charge in [-0.2, -0.15) is 4.31 Å². The Hall–Kier alpha value is -3.19. The summed E-state index contributed by atoms with van der Waals surface area (Å²) in [5, 5.41) is 8.31. The number of para-hydroxylation sites is 1. The van der Waals surface area contributed by atoms with Crippen molar-refractivity contribution in [2.75, 3.05) is 38.0 Å². The van der Waals surface area contributed by atoms with Gasteiger partial charge in [0.15, 0.2) is 11.5 Å². The van der Waals surface area contributed by atoms with E-state index in [-0.39, 0.29) is 17.7 Å². The molecule has 10 nitrogen and oxygen atoms in total. The Bertz CT molecular complexity index is 1670. The van der Waals surface area contributed by atoms with Crippen LogP contribution in [-0.2, 0) is 10.0 Å². The number of thiophene rings is 1. The molecule has 4 aromatic rings. The predicted octanol–water partition coefficient (Wildman–Crippen LogP) is 4.36. The summed E-state index contributed by atoms with van der Waals surface area (Å²) in [5.74, 6) is 1.62. The lowest BCUT2D eigenvalue weighted by Gasteiger charge is -2.35. The number of benzene rings is 1. The molecule has 1 N–H and O–H groups in total. The van der Waals surface area contributed by atoms with Crippen molar-refractivity contribution >= 4 is 43.9 Å². The first kappa shape index (κ1) is 27.0. The molecular formula is C28H32N6O4S2. The zero-order chi connectivity index (χ0) is 28.0. The van der Waals surface area contributed by atoms with Crippen molar-refractivity contribution in [3.63, 3.8) is 0 Å². The Morgan fingerprint density at radius 3 is 2.60 bits per heavy atom. The summed E-state index contributed by atoms with van der Waals surface area (Å²) in [6, 6.07) is 9.18. The molecule has 2 aliphatic rings. The van der Waals surface area contributed by atoms with E-state index >= 15 is 0 Å². The fourth-order valence-corrected chi connectivity index (χ4v) is 8.06. The third kappa shape index (κ3) is 5.16. The fraction of sp³-hybridized carbons (Fsp3) is 0.429. The Balaban J connectivity index is 1.08. The van der Waals surface area contributed by atoms with E-state index in [1.54, 1.807) is 16.4 Å². The van der Waals surface area contributed by atoms with E-state index in [0.29, 0.717) is 53.0 Å². The van der Waals surface area contributed by atoms with Crippen molar-refractivity contribution in [3.8, 4) is 10.6 Å². The molecule has 12 heteroatoms. The van der Waals surface area contributed by atoms with Gasteiger partial charge in [0.25, 0.3) is 10.0 Å². The zero-order valence-corrected chi connectivity index (χ0v) is 24.4. The highest BCUT2D eigenvalue weighted by Crippen LogP contribution is 2.36. The highest BCUT2D eigenvalue weighted by molar-refractivity contribution is 7.91. The zero-order valence-electron chi connectivity index (χ0n) is 22.8. The van der Waals surface area contributed by atoms with Crippen molar-refractivity contribution in [3.05, 3.63) is 53.5 Å². The van der Waals surface area contributed by atoms with Crippen LogP contribution >= 0.6 is 11.3 Å². The number of rotatable bonds is 9.